The molecule has 0 bridgehead atoms. The predicted octanol–water partition coefficient (Wildman–Crippen LogP) is 3.99. The van der Waals surface area contributed by atoms with Gasteiger partial charge in [0, 0.05) is 6.04 Å². The van der Waals surface area contributed by atoms with E-state index in [0.717, 1.165) is 12.5 Å². The Bertz CT molecular complexity index is 239. The van der Waals surface area contributed by atoms with E-state index in [4.69, 9.17) is 4.74 Å². The van der Waals surface area contributed by atoms with Crippen molar-refractivity contribution in [3.8, 4) is 0 Å². The van der Waals surface area contributed by atoms with E-state index in [1.807, 2.05) is 0 Å². The van der Waals surface area contributed by atoms with Gasteiger partial charge in [0.1, 0.15) is 0 Å². The molecule has 2 nitrogen and oxygen atoms in total. The fourth-order valence-electron chi connectivity index (χ4n) is 3.32. The molecule has 0 aromatic carbocycles. The van der Waals surface area contributed by atoms with E-state index in [-0.39, 0.29) is 0 Å². The lowest BCUT2D eigenvalue weighted by atomic mass is 9.71. The maximum Gasteiger partial charge on any atom is 0.0700 e. The van der Waals surface area contributed by atoms with Crippen LogP contribution >= 0.6 is 0 Å². The number of hydrogen-bond donors (Lipinski definition) is 1. The van der Waals surface area contributed by atoms with Gasteiger partial charge in [0.25, 0.3) is 0 Å². The second-order valence-corrected chi connectivity index (χ2v) is 7.12. The molecule has 1 N–H and O–H groups in total. The van der Waals surface area contributed by atoms with E-state index >= 15 is 0 Å². The van der Waals surface area contributed by atoms with Gasteiger partial charge in [0.15, 0.2) is 0 Å². The molecule has 18 heavy (non-hydrogen) atoms. The minimum Gasteiger partial charge on any atom is -0.374 e. The van der Waals surface area contributed by atoms with Crippen molar-refractivity contribution in [2.24, 2.45) is 11.3 Å². The minimum atomic E-state index is 0.308. The highest BCUT2D eigenvalue weighted by atomic mass is 16.5. The van der Waals surface area contributed by atoms with Crippen molar-refractivity contribution in [3.63, 3.8) is 0 Å². The predicted molar refractivity (Wildman–Crippen MR) is 78.9 cm³/mol. The third-order valence-corrected chi connectivity index (χ3v) is 4.17. The zero-order chi connectivity index (χ0) is 13.8. The van der Waals surface area contributed by atoms with E-state index in [9.17, 15) is 0 Å². The molecule has 1 fully saturated rings. The van der Waals surface area contributed by atoms with Crippen molar-refractivity contribution in [3.05, 3.63) is 0 Å². The van der Waals surface area contributed by atoms with Gasteiger partial charge in [-0.25, -0.2) is 0 Å². The van der Waals surface area contributed by atoms with Crippen LogP contribution in [0.4, 0.5) is 0 Å². The molecule has 1 rings (SSSR count). The van der Waals surface area contributed by atoms with Crippen molar-refractivity contribution < 1.29 is 4.74 Å². The first-order valence-electron chi connectivity index (χ1n) is 7.73. The van der Waals surface area contributed by atoms with E-state index in [0.29, 0.717) is 23.7 Å². The minimum absolute atomic E-state index is 0.308. The van der Waals surface area contributed by atoms with Gasteiger partial charge in [0.05, 0.1) is 12.2 Å². The zero-order valence-corrected chi connectivity index (χ0v) is 13.3. The molecule has 0 saturated heterocycles. The van der Waals surface area contributed by atoms with Gasteiger partial charge in [-0.1, -0.05) is 27.7 Å². The Morgan fingerprint density at radius 3 is 2.50 bits per heavy atom. The average Bonchev–Trinajstić information content (AvgIpc) is 2.22. The van der Waals surface area contributed by atoms with Gasteiger partial charge in [-0.2, -0.15) is 0 Å². The average molecular weight is 255 g/mol. The molecular weight excluding hydrogens is 222 g/mol. The quantitative estimate of drug-likeness (QED) is 0.774. The molecule has 1 saturated carbocycles. The summed E-state index contributed by atoms with van der Waals surface area (Å²) in [5.74, 6) is 0.796. The van der Waals surface area contributed by atoms with Gasteiger partial charge < -0.3 is 10.1 Å². The summed E-state index contributed by atoms with van der Waals surface area (Å²) in [7, 11) is 0. The molecule has 0 aliphatic heterocycles. The SMILES string of the molecule is CCCNC(C)C(C)OC1CC(C)CC(C)(C)C1. The first kappa shape index (κ1) is 16.0. The molecule has 108 valence electrons. The molecule has 0 amide bonds. The van der Waals surface area contributed by atoms with Crippen molar-refractivity contribution >= 4 is 0 Å². The van der Waals surface area contributed by atoms with Crippen molar-refractivity contribution in [1.82, 2.24) is 5.32 Å². The standard InChI is InChI=1S/C16H33NO/c1-7-8-17-13(3)14(4)18-15-9-12(2)10-16(5,6)11-15/h12-15,17H,7-11H2,1-6H3. The number of nitrogens with one attached hydrogen (secondary N) is 1. The van der Waals surface area contributed by atoms with E-state index in [1.165, 1.54) is 25.7 Å². The molecule has 0 aromatic heterocycles. The summed E-state index contributed by atoms with van der Waals surface area (Å²) in [6.45, 7) is 14.8. The van der Waals surface area contributed by atoms with E-state index in [2.05, 4.69) is 46.9 Å². The van der Waals surface area contributed by atoms with E-state index < -0.39 is 0 Å². The van der Waals surface area contributed by atoms with Gasteiger partial charge in [-0.3, -0.25) is 0 Å². The lowest BCUT2D eigenvalue weighted by Gasteiger charge is -2.40. The molecule has 0 radical (unpaired) electrons. The van der Waals surface area contributed by atoms with Gasteiger partial charge in [0.2, 0.25) is 0 Å². The summed E-state index contributed by atoms with van der Waals surface area (Å²) in [5.41, 5.74) is 0.447. The fourth-order valence-corrected chi connectivity index (χ4v) is 3.32. The normalized spacial score (nSPS) is 31.0. The first-order valence-corrected chi connectivity index (χ1v) is 7.73. The molecule has 1 aliphatic carbocycles. The third-order valence-electron chi connectivity index (χ3n) is 4.17. The Morgan fingerprint density at radius 2 is 1.94 bits per heavy atom. The van der Waals surface area contributed by atoms with Crippen LogP contribution in [0, 0.1) is 11.3 Å². The van der Waals surface area contributed by atoms with Crippen molar-refractivity contribution in [2.45, 2.75) is 85.5 Å². The zero-order valence-electron chi connectivity index (χ0n) is 13.3. The smallest absolute Gasteiger partial charge is 0.0700 e. The van der Waals surface area contributed by atoms with Crippen LogP contribution < -0.4 is 5.32 Å². The second-order valence-electron chi connectivity index (χ2n) is 7.12. The lowest BCUT2D eigenvalue weighted by Crippen LogP contribution is -2.42. The first-order chi connectivity index (χ1) is 8.34. The molecule has 0 aromatic rings. The molecule has 1 aliphatic rings. The molecule has 0 heterocycles. The van der Waals surface area contributed by atoms with Crippen LogP contribution in [0.25, 0.3) is 0 Å². The summed E-state index contributed by atoms with van der Waals surface area (Å²) < 4.78 is 6.29. The Hall–Kier alpha value is -0.0800. The summed E-state index contributed by atoms with van der Waals surface area (Å²) in [5, 5.41) is 3.53. The van der Waals surface area contributed by atoms with E-state index in [1.54, 1.807) is 0 Å². The van der Waals surface area contributed by atoms with Crippen LogP contribution in [0.5, 0.6) is 0 Å². The van der Waals surface area contributed by atoms with Gasteiger partial charge in [-0.05, 0) is 57.4 Å². The highest BCUT2D eigenvalue weighted by molar-refractivity contribution is 4.84. The highest BCUT2D eigenvalue weighted by Crippen LogP contribution is 2.40. The van der Waals surface area contributed by atoms with Crippen LogP contribution in [-0.2, 0) is 4.74 Å². The molecular formula is C16H33NO. The Balaban J connectivity index is 2.41. The summed E-state index contributed by atoms with van der Waals surface area (Å²) in [4.78, 5) is 0. The van der Waals surface area contributed by atoms with Crippen molar-refractivity contribution in [1.29, 1.82) is 0 Å². The topological polar surface area (TPSA) is 21.3 Å². The monoisotopic (exact) mass is 255 g/mol. The van der Waals surface area contributed by atoms with Crippen LogP contribution in [-0.4, -0.2) is 24.8 Å². The second kappa shape index (κ2) is 6.91. The summed E-state index contributed by atoms with van der Waals surface area (Å²) >= 11 is 0. The molecule has 0 spiro atoms. The Labute approximate surface area is 114 Å². The van der Waals surface area contributed by atoms with Gasteiger partial charge in [-0.15, -0.1) is 0 Å². The van der Waals surface area contributed by atoms with Crippen LogP contribution in [0.3, 0.4) is 0 Å². The lowest BCUT2D eigenvalue weighted by molar-refractivity contribution is -0.0684. The Morgan fingerprint density at radius 1 is 1.28 bits per heavy atom. The molecule has 4 atom stereocenters. The molecule has 2 heteroatoms. The van der Waals surface area contributed by atoms with Gasteiger partial charge >= 0.3 is 0 Å². The largest absolute Gasteiger partial charge is 0.374 e. The maximum absolute atomic E-state index is 6.29. The number of rotatable bonds is 6. The fraction of sp³-hybridized carbons (Fsp3) is 1.00. The van der Waals surface area contributed by atoms with Crippen LogP contribution in [0.1, 0.15) is 67.2 Å². The number of ether oxygens (including phenoxy) is 1. The van der Waals surface area contributed by atoms with Crippen LogP contribution in [0.15, 0.2) is 0 Å². The highest BCUT2D eigenvalue weighted by Gasteiger charge is 2.33. The third kappa shape index (κ3) is 5.27. The number of hydrogen-bond acceptors (Lipinski definition) is 2. The summed E-state index contributed by atoms with van der Waals surface area (Å²) in [6.07, 6.45) is 5.72. The summed E-state index contributed by atoms with van der Waals surface area (Å²) in [6, 6.07) is 0.449. The van der Waals surface area contributed by atoms with Crippen molar-refractivity contribution in [2.75, 3.05) is 6.54 Å². The Kier molecular flexibility index (Phi) is 6.13. The molecule has 4 unspecified atom stereocenters. The maximum atomic E-state index is 6.29. The van der Waals surface area contributed by atoms with Crippen LogP contribution in [0.2, 0.25) is 0 Å².